The van der Waals surface area contributed by atoms with Crippen LogP contribution in [0.2, 0.25) is 0 Å². The molecule has 0 bridgehead atoms. The van der Waals surface area contributed by atoms with Crippen LogP contribution in [0.1, 0.15) is 36.8 Å². The van der Waals surface area contributed by atoms with Crippen LogP contribution < -0.4 is 31.1 Å². The molecule has 2 fully saturated rings. The average molecular weight is 999 g/mol. The minimum Gasteiger partial charge on any atom is -0.496 e. The Balaban J connectivity index is 0.000000163. The molecule has 9 rings (SSSR count). The summed E-state index contributed by atoms with van der Waals surface area (Å²) >= 11 is 0. The van der Waals surface area contributed by atoms with Gasteiger partial charge in [-0.1, -0.05) is 133 Å². The number of likely N-dealkylation sites (tertiary alicyclic amines) is 2. The molecule has 73 heavy (non-hydrogen) atoms. The van der Waals surface area contributed by atoms with Gasteiger partial charge in [0, 0.05) is 91.4 Å². The summed E-state index contributed by atoms with van der Waals surface area (Å²) in [6.45, 7) is 1.53. The van der Waals surface area contributed by atoms with E-state index in [1.807, 2.05) is 30.3 Å². The summed E-state index contributed by atoms with van der Waals surface area (Å²) in [5, 5.41) is 29.9. The van der Waals surface area contributed by atoms with Crippen LogP contribution >= 0.6 is 7.92 Å². The Morgan fingerprint density at radius 3 is 1.40 bits per heavy atom. The van der Waals surface area contributed by atoms with Crippen molar-refractivity contribution in [1.29, 1.82) is 0 Å². The van der Waals surface area contributed by atoms with Crippen molar-refractivity contribution in [3.8, 4) is 33.8 Å². The Labute approximate surface area is 424 Å². The molecule has 7 aromatic carbocycles. The van der Waals surface area contributed by atoms with Crippen LogP contribution in [0.15, 0.2) is 181 Å². The number of methoxy groups -OCH3 is 2. The first-order valence-electron chi connectivity index (χ1n) is 23.6. The van der Waals surface area contributed by atoms with Gasteiger partial charge in [-0.2, -0.15) is 0 Å². The summed E-state index contributed by atoms with van der Waals surface area (Å²) in [7, 11) is 2.65. The monoisotopic (exact) mass is 998 g/mol. The number of nitrogens with zero attached hydrogens (tertiary/aromatic N) is 7. The summed E-state index contributed by atoms with van der Waals surface area (Å²) in [6, 6.07) is 56.2. The lowest BCUT2D eigenvalue weighted by molar-refractivity contribution is -0.385. The second kappa shape index (κ2) is 25.6. The molecule has 2 unspecified atom stereocenters. The van der Waals surface area contributed by atoms with Crippen molar-refractivity contribution >= 4 is 47.0 Å². The molecule has 2 saturated heterocycles. The molecule has 2 atom stereocenters. The fourth-order valence-electron chi connectivity index (χ4n) is 8.89. The van der Waals surface area contributed by atoms with Crippen LogP contribution in [-0.2, 0) is 22.7 Å². The minimum atomic E-state index is -0.446. The number of nitro groups is 2. The molecule has 2 N–H and O–H groups in total. The molecule has 0 saturated carbocycles. The Kier molecular flexibility index (Phi) is 18.4. The van der Waals surface area contributed by atoms with Crippen LogP contribution in [0.25, 0.3) is 32.7 Å². The smallest absolute Gasteiger partial charge is 0.270 e. The molecule has 2 aliphatic heterocycles. The number of carbonyl (C=O) groups excluding carboxylic acids is 2. The van der Waals surface area contributed by atoms with Gasteiger partial charge in [0.2, 0.25) is 11.8 Å². The summed E-state index contributed by atoms with van der Waals surface area (Å²) < 4.78 is 10.8. The van der Waals surface area contributed by atoms with E-state index >= 15 is 0 Å². The standard InChI is InChI=1S/C19H19N5O4.C19H21N3O4.C18H15P/c1-28-18-7-5-13(12-23-16(11-21-22-20)6-8-19(23)25)9-17(18)14-3-2-4-15(10-14)24(26)27;1-26-18-7-5-13(12-21-16(11-20)6-8-19(21)23)9-17(18)14-3-2-4-15(10-14)22(24)25;1-4-10-16(11-5-1)19(17-12-6-2-7-13-17)18-14-8-3-9-15-18/h2-5,7,9-10,16H,6,8,11-12H2,1H3;2-5,7,9-10,16H,6,8,11-12,20H2,1H3;1-15H. The molecule has 16 nitrogen and oxygen atoms in total. The van der Waals surface area contributed by atoms with E-state index in [1.54, 1.807) is 47.2 Å². The van der Waals surface area contributed by atoms with Gasteiger partial charge < -0.3 is 25.0 Å². The normalized spacial score (nSPS) is 14.8. The topological polar surface area (TPSA) is 220 Å². The Bertz CT molecular complexity index is 2980. The van der Waals surface area contributed by atoms with E-state index in [0.717, 1.165) is 23.1 Å². The van der Waals surface area contributed by atoms with Crippen molar-refractivity contribution in [2.75, 3.05) is 27.3 Å². The third kappa shape index (κ3) is 13.5. The molecular weight excluding hydrogens is 944 g/mol. The molecule has 7 aromatic rings. The van der Waals surface area contributed by atoms with Crippen molar-refractivity contribution in [1.82, 2.24) is 9.80 Å². The fourth-order valence-corrected chi connectivity index (χ4v) is 11.2. The van der Waals surface area contributed by atoms with Crippen LogP contribution in [0.3, 0.4) is 0 Å². The zero-order chi connectivity index (χ0) is 51.7. The highest BCUT2D eigenvalue weighted by molar-refractivity contribution is 7.79. The number of nitro benzene ring substituents is 2. The fraction of sp³-hybridized carbons (Fsp3) is 0.214. The van der Waals surface area contributed by atoms with Gasteiger partial charge >= 0.3 is 0 Å². The third-order valence-electron chi connectivity index (χ3n) is 12.5. The molecule has 2 aliphatic rings. The molecule has 2 heterocycles. The van der Waals surface area contributed by atoms with Crippen molar-refractivity contribution < 1.29 is 28.9 Å². The van der Waals surface area contributed by atoms with Gasteiger partial charge in [-0.3, -0.25) is 29.8 Å². The maximum atomic E-state index is 12.2. The van der Waals surface area contributed by atoms with Crippen molar-refractivity contribution in [3.63, 3.8) is 0 Å². The molecule has 0 radical (unpaired) electrons. The quantitative estimate of drug-likeness (QED) is 0.0243. The lowest BCUT2D eigenvalue weighted by Gasteiger charge is -2.24. The maximum absolute atomic E-state index is 12.2. The van der Waals surface area contributed by atoms with Crippen molar-refractivity contribution in [3.05, 3.63) is 218 Å². The molecule has 17 heteroatoms. The number of non-ortho nitro benzene ring substituents is 2. The zero-order valence-corrected chi connectivity index (χ0v) is 41.4. The van der Waals surface area contributed by atoms with E-state index in [2.05, 4.69) is 101 Å². The lowest BCUT2D eigenvalue weighted by Crippen LogP contribution is -2.37. The van der Waals surface area contributed by atoms with E-state index < -0.39 is 17.8 Å². The van der Waals surface area contributed by atoms with E-state index in [1.165, 1.54) is 47.3 Å². The maximum Gasteiger partial charge on any atom is 0.270 e. The van der Waals surface area contributed by atoms with Crippen molar-refractivity contribution in [2.24, 2.45) is 10.8 Å². The predicted octanol–water partition coefficient (Wildman–Crippen LogP) is 10.2. The number of ether oxygens (including phenoxy) is 2. The van der Waals surface area contributed by atoms with Crippen LogP contribution in [0.4, 0.5) is 11.4 Å². The van der Waals surface area contributed by atoms with Crippen LogP contribution in [0.5, 0.6) is 11.5 Å². The lowest BCUT2D eigenvalue weighted by atomic mass is 10.0. The van der Waals surface area contributed by atoms with Crippen LogP contribution in [0, 0.1) is 20.2 Å². The van der Waals surface area contributed by atoms with E-state index in [0.29, 0.717) is 67.1 Å². The largest absolute Gasteiger partial charge is 0.496 e. The number of rotatable bonds is 16. The minimum absolute atomic E-state index is 0.00546. The highest BCUT2D eigenvalue weighted by atomic mass is 31.1. The number of amides is 2. The highest BCUT2D eigenvalue weighted by Crippen LogP contribution is 2.36. The van der Waals surface area contributed by atoms with Crippen molar-refractivity contribution in [2.45, 2.75) is 50.9 Å². The number of nitrogens with two attached hydrogens (primary N) is 1. The first kappa shape index (κ1) is 52.4. The molecule has 0 aliphatic carbocycles. The Morgan fingerprint density at radius 1 is 0.603 bits per heavy atom. The number of hydrogen-bond acceptors (Lipinski definition) is 10. The average Bonchev–Trinajstić information content (AvgIpc) is 3.97. The van der Waals surface area contributed by atoms with Gasteiger partial charge in [0.25, 0.3) is 11.4 Å². The summed E-state index contributed by atoms with van der Waals surface area (Å²) in [5.41, 5.74) is 18.9. The first-order chi connectivity index (χ1) is 35.5. The number of azide groups is 1. The number of benzene rings is 7. The first-order valence-corrected chi connectivity index (χ1v) is 24.9. The third-order valence-corrected chi connectivity index (χ3v) is 15.0. The molecule has 372 valence electrons. The van der Waals surface area contributed by atoms with E-state index in [-0.39, 0.29) is 41.8 Å². The summed E-state index contributed by atoms with van der Waals surface area (Å²) in [6.07, 6.45) is 2.39. The second-order valence-corrected chi connectivity index (χ2v) is 19.3. The van der Waals surface area contributed by atoms with Gasteiger partial charge in [-0.15, -0.1) is 0 Å². The number of carbonyl (C=O) groups is 2. The van der Waals surface area contributed by atoms with Gasteiger partial charge in [-0.25, -0.2) is 0 Å². The molecule has 2 amide bonds. The zero-order valence-electron chi connectivity index (χ0n) is 40.5. The molecular formula is C56H55N8O8P. The van der Waals surface area contributed by atoms with Gasteiger partial charge in [-0.05, 0) is 88.7 Å². The predicted molar refractivity (Wildman–Crippen MR) is 286 cm³/mol. The van der Waals surface area contributed by atoms with Gasteiger partial charge in [0.05, 0.1) is 24.1 Å². The van der Waals surface area contributed by atoms with Gasteiger partial charge in [0.1, 0.15) is 11.5 Å². The molecule has 0 spiro atoms. The van der Waals surface area contributed by atoms with E-state index in [9.17, 15) is 29.8 Å². The SMILES string of the molecule is COc1ccc(CN2C(=O)CCC2CN)cc1-c1cccc([N+](=O)[O-])c1.COc1ccc(CN2C(=O)CCC2CN=[N+]=[N-])cc1-c1cccc([N+](=O)[O-])c1.c1ccc(P(c2ccccc2)c2ccccc2)cc1. The molecule has 0 aromatic heterocycles. The second-order valence-electron chi connectivity index (χ2n) is 17.1. The summed E-state index contributed by atoms with van der Waals surface area (Å²) in [5.74, 6) is 1.33. The highest BCUT2D eigenvalue weighted by Gasteiger charge is 2.31. The summed E-state index contributed by atoms with van der Waals surface area (Å²) in [4.78, 5) is 51.9. The Morgan fingerprint density at radius 2 is 1.01 bits per heavy atom. The van der Waals surface area contributed by atoms with Gasteiger partial charge in [0.15, 0.2) is 0 Å². The number of hydrogen-bond donors (Lipinski definition) is 1. The van der Waals surface area contributed by atoms with E-state index in [4.69, 9.17) is 20.7 Å². The van der Waals surface area contributed by atoms with Crippen LogP contribution in [-0.4, -0.2) is 70.9 Å². The Hall–Kier alpha value is -8.42.